The van der Waals surface area contributed by atoms with Crippen molar-refractivity contribution < 1.29 is 0 Å². The molecule has 1 aromatic rings. The van der Waals surface area contributed by atoms with Crippen LogP contribution in [0, 0.1) is 0 Å². The zero-order valence-electron chi connectivity index (χ0n) is 16.5. The molecule has 26 heavy (non-hydrogen) atoms. The van der Waals surface area contributed by atoms with Crippen LogP contribution in [0.5, 0.6) is 0 Å². The van der Waals surface area contributed by atoms with Crippen LogP contribution < -0.4 is 0 Å². The van der Waals surface area contributed by atoms with Crippen molar-refractivity contribution in [3.63, 3.8) is 0 Å². The second-order valence-electron chi connectivity index (χ2n) is 8.59. The molecule has 3 aliphatic rings. The third-order valence-corrected chi connectivity index (χ3v) is 6.93. The zero-order chi connectivity index (χ0) is 17.8. The summed E-state index contributed by atoms with van der Waals surface area (Å²) in [5, 5.41) is 13.1. The monoisotopic (exact) mass is 360 g/mol. The molecule has 1 aliphatic heterocycles. The van der Waals surface area contributed by atoms with Crippen LogP contribution in [0.3, 0.4) is 0 Å². The van der Waals surface area contributed by atoms with Crippen LogP contribution in [0.1, 0.15) is 95.5 Å². The molecule has 1 saturated heterocycles. The summed E-state index contributed by atoms with van der Waals surface area (Å²) < 4.78 is 2.20. The molecule has 4 rings (SSSR count). The maximum Gasteiger partial charge on any atom is 0.168 e. The van der Waals surface area contributed by atoms with Gasteiger partial charge in [0.25, 0.3) is 0 Å². The van der Waals surface area contributed by atoms with Crippen molar-refractivity contribution in [3.8, 4) is 0 Å². The third kappa shape index (κ3) is 3.96. The van der Waals surface area contributed by atoms with Gasteiger partial charge in [-0.3, -0.25) is 9.80 Å². The minimum Gasteiger partial charge on any atom is -0.298 e. The van der Waals surface area contributed by atoms with Gasteiger partial charge in [-0.25, -0.2) is 4.68 Å². The van der Waals surface area contributed by atoms with Gasteiger partial charge in [0.2, 0.25) is 0 Å². The highest BCUT2D eigenvalue weighted by Crippen LogP contribution is 2.33. The SMILES string of the molecule is CCC[C@@H](c1nnnn1C1CCCCC1)N1CCN(C2CCCC2)CC1. The lowest BCUT2D eigenvalue weighted by Gasteiger charge is -2.41. The molecule has 0 aromatic carbocycles. The first-order valence-electron chi connectivity index (χ1n) is 11.1. The van der Waals surface area contributed by atoms with Gasteiger partial charge < -0.3 is 0 Å². The topological polar surface area (TPSA) is 50.1 Å². The maximum absolute atomic E-state index is 4.53. The van der Waals surface area contributed by atoms with Crippen molar-refractivity contribution in [2.24, 2.45) is 0 Å². The van der Waals surface area contributed by atoms with Gasteiger partial charge in [0.1, 0.15) is 0 Å². The van der Waals surface area contributed by atoms with E-state index in [1.54, 1.807) is 0 Å². The minimum absolute atomic E-state index is 0.391. The fraction of sp³-hybridized carbons (Fsp3) is 0.950. The number of aromatic nitrogens is 4. The molecule has 3 fully saturated rings. The highest BCUT2D eigenvalue weighted by Gasteiger charge is 2.32. The molecule has 0 N–H and O–H groups in total. The Morgan fingerprint density at radius 2 is 1.54 bits per heavy atom. The van der Waals surface area contributed by atoms with Gasteiger partial charge in [-0.1, -0.05) is 45.4 Å². The normalized spacial score (nSPS) is 25.7. The molecular formula is C20H36N6. The molecule has 1 aromatic heterocycles. The standard InChI is InChI=1S/C20H36N6/c1-2-8-19(20-21-22-23-26(20)18-11-4-3-5-12-18)25-15-13-24(14-16-25)17-9-6-7-10-17/h17-19H,2-16H2,1H3/t19-/m0/s1. The van der Waals surface area contributed by atoms with Crippen molar-refractivity contribution in [1.82, 2.24) is 30.0 Å². The molecule has 2 saturated carbocycles. The summed E-state index contributed by atoms with van der Waals surface area (Å²) in [6, 6.07) is 1.77. The van der Waals surface area contributed by atoms with Gasteiger partial charge in [-0.15, -0.1) is 5.10 Å². The van der Waals surface area contributed by atoms with Gasteiger partial charge in [-0.2, -0.15) is 0 Å². The van der Waals surface area contributed by atoms with Crippen molar-refractivity contribution in [3.05, 3.63) is 5.82 Å². The molecule has 0 spiro atoms. The van der Waals surface area contributed by atoms with Crippen molar-refractivity contribution in [2.75, 3.05) is 26.2 Å². The predicted octanol–water partition coefficient (Wildman–Crippen LogP) is 3.58. The van der Waals surface area contributed by atoms with E-state index in [4.69, 9.17) is 0 Å². The lowest BCUT2D eigenvalue weighted by Crippen LogP contribution is -2.50. The number of hydrogen-bond donors (Lipinski definition) is 0. The molecule has 6 heteroatoms. The number of piperazine rings is 1. The average Bonchev–Trinajstić information content (AvgIpc) is 3.39. The van der Waals surface area contributed by atoms with Crippen LogP contribution in [0.15, 0.2) is 0 Å². The summed E-state index contributed by atoms with van der Waals surface area (Å²) in [7, 11) is 0. The molecule has 0 unspecified atom stereocenters. The van der Waals surface area contributed by atoms with Gasteiger partial charge in [-0.05, 0) is 42.5 Å². The molecule has 6 nitrogen and oxygen atoms in total. The van der Waals surface area contributed by atoms with Crippen molar-refractivity contribution in [1.29, 1.82) is 0 Å². The fourth-order valence-electron chi connectivity index (χ4n) is 5.44. The summed E-state index contributed by atoms with van der Waals surface area (Å²) >= 11 is 0. The fourth-order valence-corrected chi connectivity index (χ4v) is 5.44. The van der Waals surface area contributed by atoms with Crippen LogP contribution in [0.2, 0.25) is 0 Å². The highest BCUT2D eigenvalue weighted by atomic mass is 15.6. The van der Waals surface area contributed by atoms with Crippen LogP contribution in [0.25, 0.3) is 0 Å². The van der Waals surface area contributed by atoms with E-state index in [9.17, 15) is 0 Å². The van der Waals surface area contributed by atoms with Crippen LogP contribution in [-0.4, -0.2) is 62.2 Å². The summed E-state index contributed by atoms with van der Waals surface area (Å²) in [6.45, 7) is 7.06. The van der Waals surface area contributed by atoms with E-state index in [-0.39, 0.29) is 0 Å². The third-order valence-electron chi connectivity index (χ3n) is 6.93. The smallest absolute Gasteiger partial charge is 0.168 e. The molecule has 0 radical (unpaired) electrons. The van der Waals surface area contributed by atoms with E-state index in [2.05, 4.69) is 36.9 Å². The largest absolute Gasteiger partial charge is 0.298 e. The first-order chi connectivity index (χ1) is 12.9. The first-order valence-corrected chi connectivity index (χ1v) is 11.1. The van der Waals surface area contributed by atoms with Crippen LogP contribution in [-0.2, 0) is 0 Å². The molecule has 0 bridgehead atoms. The van der Waals surface area contributed by atoms with Gasteiger partial charge in [0.05, 0.1) is 12.1 Å². The Balaban J connectivity index is 1.44. The number of tetrazole rings is 1. The Morgan fingerprint density at radius 1 is 0.885 bits per heavy atom. The number of nitrogens with zero attached hydrogens (tertiary/aromatic N) is 6. The Kier molecular flexibility index (Phi) is 6.20. The molecule has 0 amide bonds. The van der Waals surface area contributed by atoms with Crippen LogP contribution in [0.4, 0.5) is 0 Å². The summed E-state index contributed by atoms with van der Waals surface area (Å²) in [5.74, 6) is 1.13. The van der Waals surface area contributed by atoms with Gasteiger partial charge in [0.15, 0.2) is 5.82 Å². The lowest BCUT2D eigenvalue weighted by atomic mass is 9.95. The maximum atomic E-state index is 4.53. The van der Waals surface area contributed by atoms with Gasteiger partial charge in [0, 0.05) is 32.2 Å². The first kappa shape index (κ1) is 18.4. The zero-order valence-corrected chi connectivity index (χ0v) is 16.5. The summed E-state index contributed by atoms with van der Waals surface area (Å²) in [5.41, 5.74) is 0. The van der Waals surface area contributed by atoms with Gasteiger partial charge >= 0.3 is 0 Å². The molecule has 1 atom stereocenters. The minimum atomic E-state index is 0.391. The quantitative estimate of drug-likeness (QED) is 0.776. The van der Waals surface area contributed by atoms with Crippen LogP contribution >= 0.6 is 0 Å². The molecule has 2 heterocycles. The van der Waals surface area contributed by atoms with Crippen molar-refractivity contribution >= 4 is 0 Å². The Morgan fingerprint density at radius 3 is 2.23 bits per heavy atom. The van der Waals surface area contributed by atoms with E-state index in [0.29, 0.717) is 12.1 Å². The number of hydrogen-bond acceptors (Lipinski definition) is 5. The Hall–Kier alpha value is -1.01. The summed E-state index contributed by atoms with van der Waals surface area (Å²) in [6.07, 6.45) is 14.5. The van der Waals surface area contributed by atoms with E-state index in [1.807, 2.05) is 0 Å². The second-order valence-corrected chi connectivity index (χ2v) is 8.59. The average molecular weight is 361 g/mol. The summed E-state index contributed by atoms with van der Waals surface area (Å²) in [4.78, 5) is 5.41. The second kappa shape index (κ2) is 8.79. The Labute approximate surface area is 158 Å². The number of rotatable bonds is 6. The van der Waals surface area contributed by atoms with Crippen molar-refractivity contribution in [2.45, 2.75) is 95.7 Å². The lowest BCUT2D eigenvalue weighted by molar-refractivity contribution is 0.0615. The molecule has 2 aliphatic carbocycles. The molecule has 146 valence electrons. The van der Waals surface area contributed by atoms with E-state index >= 15 is 0 Å². The molecular weight excluding hydrogens is 324 g/mol. The Bertz CT molecular complexity index is 538. The highest BCUT2D eigenvalue weighted by molar-refractivity contribution is 4.97. The van der Waals surface area contributed by atoms with E-state index in [1.165, 1.54) is 90.4 Å². The van der Waals surface area contributed by atoms with E-state index < -0.39 is 0 Å². The predicted molar refractivity (Wildman–Crippen MR) is 103 cm³/mol. The van der Waals surface area contributed by atoms with E-state index in [0.717, 1.165) is 18.3 Å².